The molecule has 3 heteroatoms. The van der Waals surface area contributed by atoms with Crippen molar-refractivity contribution in [3.05, 3.63) is 0 Å². The van der Waals surface area contributed by atoms with Crippen molar-refractivity contribution in [3.8, 4) is 0 Å². The summed E-state index contributed by atoms with van der Waals surface area (Å²) in [6, 6.07) is 0. The van der Waals surface area contributed by atoms with E-state index in [0.29, 0.717) is 9.65 Å². The standard InChI is InChI=1S/C8H18Br2N/c1-5-11(3,4)6-8(10)7(2)9/h7-8H,5-6H2,1-4H3/q+1/t7-,8-/m1/s1. The van der Waals surface area contributed by atoms with Crippen molar-refractivity contribution in [3.63, 3.8) is 0 Å². The van der Waals surface area contributed by atoms with Crippen molar-refractivity contribution < 1.29 is 4.48 Å². The van der Waals surface area contributed by atoms with Crippen LogP contribution in [0.25, 0.3) is 0 Å². The lowest BCUT2D eigenvalue weighted by Gasteiger charge is -2.31. The van der Waals surface area contributed by atoms with E-state index in [4.69, 9.17) is 0 Å². The minimum absolute atomic E-state index is 0.548. The van der Waals surface area contributed by atoms with Crippen molar-refractivity contribution in [2.45, 2.75) is 23.5 Å². The molecule has 0 fully saturated rings. The first-order chi connectivity index (χ1) is 4.89. The van der Waals surface area contributed by atoms with Crippen LogP contribution in [0.2, 0.25) is 0 Å². The number of nitrogens with zero attached hydrogens (tertiary/aromatic N) is 1. The summed E-state index contributed by atoms with van der Waals surface area (Å²) in [5.74, 6) is 0. The Bertz CT molecular complexity index is 113. The van der Waals surface area contributed by atoms with Crippen molar-refractivity contribution in [1.82, 2.24) is 0 Å². The molecular formula is C8H18Br2N+. The molecule has 0 saturated heterocycles. The van der Waals surface area contributed by atoms with Gasteiger partial charge in [0.05, 0.1) is 32.0 Å². The van der Waals surface area contributed by atoms with Crippen molar-refractivity contribution in [1.29, 1.82) is 0 Å². The Labute approximate surface area is 87.0 Å². The van der Waals surface area contributed by atoms with Crippen LogP contribution in [0, 0.1) is 0 Å². The van der Waals surface area contributed by atoms with Gasteiger partial charge >= 0.3 is 0 Å². The van der Waals surface area contributed by atoms with E-state index in [0.717, 1.165) is 4.48 Å². The third-order valence-corrected chi connectivity index (χ3v) is 4.45. The lowest BCUT2D eigenvalue weighted by atomic mass is 10.3. The number of rotatable bonds is 4. The Morgan fingerprint density at radius 3 is 2.00 bits per heavy atom. The zero-order valence-electron chi connectivity index (χ0n) is 7.77. The lowest BCUT2D eigenvalue weighted by Crippen LogP contribution is -2.45. The molecule has 0 aromatic heterocycles. The van der Waals surface area contributed by atoms with Crippen LogP contribution in [0.5, 0.6) is 0 Å². The molecule has 0 amide bonds. The second-order valence-electron chi connectivity index (χ2n) is 3.63. The van der Waals surface area contributed by atoms with Crippen LogP contribution in [0.3, 0.4) is 0 Å². The molecule has 68 valence electrons. The summed E-state index contributed by atoms with van der Waals surface area (Å²) in [5.41, 5.74) is 0. The Balaban J connectivity index is 3.83. The fourth-order valence-electron chi connectivity index (χ4n) is 0.747. The summed E-state index contributed by atoms with van der Waals surface area (Å²) in [7, 11) is 4.51. The van der Waals surface area contributed by atoms with Gasteiger partial charge < -0.3 is 4.48 Å². The average Bonchev–Trinajstić information content (AvgIpc) is 1.87. The summed E-state index contributed by atoms with van der Waals surface area (Å²) in [5, 5.41) is 0. The monoisotopic (exact) mass is 286 g/mol. The summed E-state index contributed by atoms with van der Waals surface area (Å²) < 4.78 is 1.08. The molecule has 0 N–H and O–H groups in total. The van der Waals surface area contributed by atoms with E-state index in [1.165, 1.54) is 13.1 Å². The van der Waals surface area contributed by atoms with Gasteiger partial charge in [0.15, 0.2) is 0 Å². The van der Waals surface area contributed by atoms with Crippen LogP contribution < -0.4 is 0 Å². The van der Waals surface area contributed by atoms with Crippen LogP contribution >= 0.6 is 31.9 Å². The topological polar surface area (TPSA) is 0 Å². The van der Waals surface area contributed by atoms with Gasteiger partial charge in [-0.05, 0) is 6.92 Å². The molecule has 1 nitrogen and oxygen atoms in total. The van der Waals surface area contributed by atoms with E-state index in [1.54, 1.807) is 0 Å². The zero-order chi connectivity index (χ0) is 9.07. The molecular weight excluding hydrogens is 270 g/mol. The van der Waals surface area contributed by atoms with Crippen molar-refractivity contribution >= 4 is 31.9 Å². The highest BCUT2D eigenvalue weighted by Crippen LogP contribution is 2.16. The molecule has 0 bridgehead atoms. The number of quaternary nitrogens is 1. The van der Waals surface area contributed by atoms with Gasteiger partial charge in [0, 0.05) is 4.83 Å². The first kappa shape index (κ1) is 11.9. The highest BCUT2D eigenvalue weighted by Gasteiger charge is 2.21. The average molecular weight is 288 g/mol. The van der Waals surface area contributed by atoms with E-state index >= 15 is 0 Å². The fraction of sp³-hybridized carbons (Fsp3) is 1.00. The van der Waals surface area contributed by atoms with E-state index in [9.17, 15) is 0 Å². The lowest BCUT2D eigenvalue weighted by molar-refractivity contribution is -0.887. The molecule has 0 heterocycles. The quantitative estimate of drug-likeness (QED) is 0.551. The van der Waals surface area contributed by atoms with Gasteiger partial charge in [-0.25, -0.2) is 0 Å². The van der Waals surface area contributed by atoms with E-state index < -0.39 is 0 Å². The predicted molar refractivity (Wildman–Crippen MR) is 58.6 cm³/mol. The number of hydrogen-bond acceptors (Lipinski definition) is 0. The van der Waals surface area contributed by atoms with Crippen LogP contribution in [-0.4, -0.2) is 41.3 Å². The van der Waals surface area contributed by atoms with Gasteiger partial charge in [-0.2, -0.15) is 0 Å². The van der Waals surface area contributed by atoms with Gasteiger partial charge in [-0.15, -0.1) is 0 Å². The largest absolute Gasteiger partial charge is 0.328 e. The maximum atomic E-state index is 3.66. The molecule has 0 aliphatic rings. The maximum Gasteiger partial charge on any atom is 0.0920 e. The Kier molecular flexibility index (Phi) is 5.23. The highest BCUT2D eigenvalue weighted by molar-refractivity contribution is 9.12. The Hall–Kier alpha value is 0.920. The van der Waals surface area contributed by atoms with Gasteiger partial charge in [0.25, 0.3) is 0 Å². The number of alkyl halides is 2. The number of hydrogen-bond donors (Lipinski definition) is 0. The molecule has 2 atom stereocenters. The molecule has 0 unspecified atom stereocenters. The third-order valence-electron chi connectivity index (χ3n) is 2.02. The second kappa shape index (κ2) is 4.83. The van der Waals surface area contributed by atoms with E-state index in [1.807, 2.05) is 0 Å². The van der Waals surface area contributed by atoms with Gasteiger partial charge in [-0.1, -0.05) is 38.8 Å². The van der Waals surface area contributed by atoms with E-state index in [2.05, 4.69) is 59.8 Å². The van der Waals surface area contributed by atoms with Crippen molar-refractivity contribution in [2.75, 3.05) is 27.2 Å². The predicted octanol–water partition coefficient (Wildman–Crippen LogP) is 2.63. The molecule has 0 aliphatic heterocycles. The van der Waals surface area contributed by atoms with Crippen LogP contribution in [0.15, 0.2) is 0 Å². The summed E-state index contributed by atoms with van der Waals surface area (Å²) in [6.07, 6.45) is 0. The Morgan fingerprint density at radius 1 is 1.27 bits per heavy atom. The fourth-order valence-corrected chi connectivity index (χ4v) is 1.70. The Morgan fingerprint density at radius 2 is 1.73 bits per heavy atom. The van der Waals surface area contributed by atoms with E-state index in [-0.39, 0.29) is 0 Å². The number of halogens is 2. The minimum atomic E-state index is 0.548. The van der Waals surface area contributed by atoms with Crippen molar-refractivity contribution in [2.24, 2.45) is 0 Å². The third kappa shape index (κ3) is 5.21. The second-order valence-corrected chi connectivity index (χ2v) is 6.25. The van der Waals surface area contributed by atoms with Crippen LogP contribution in [-0.2, 0) is 0 Å². The summed E-state index contributed by atoms with van der Waals surface area (Å²) in [6.45, 7) is 6.75. The summed E-state index contributed by atoms with van der Waals surface area (Å²) in [4.78, 5) is 1.11. The molecule has 0 radical (unpaired) electrons. The molecule has 0 saturated carbocycles. The molecule has 0 aliphatic carbocycles. The molecule has 11 heavy (non-hydrogen) atoms. The first-order valence-electron chi connectivity index (χ1n) is 3.99. The molecule has 0 spiro atoms. The van der Waals surface area contributed by atoms with Crippen LogP contribution in [0.4, 0.5) is 0 Å². The minimum Gasteiger partial charge on any atom is -0.328 e. The first-order valence-corrected chi connectivity index (χ1v) is 5.82. The molecule has 0 aromatic rings. The van der Waals surface area contributed by atoms with Gasteiger partial charge in [0.1, 0.15) is 0 Å². The van der Waals surface area contributed by atoms with Crippen LogP contribution in [0.1, 0.15) is 13.8 Å². The molecule has 0 rings (SSSR count). The smallest absolute Gasteiger partial charge is 0.0920 e. The maximum absolute atomic E-state index is 3.66. The van der Waals surface area contributed by atoms with Gasteiger partial charge in [0.2, 0.25) is 0 Å². The zero-order valence-corrected chi connectivity index (χ0v) is 10.9. The van der Waals surface area contributed by atoms with Gasteiger partial charge in [-0.3, -0.25) is 0 Å². The normalized spacial score (nSPS) is 18.0. The SMILES string of the molecule is CC[N+](C)(C)C[C@@H](Br)[C@@H](C)Br. The molecule has 0 aromatic carbocycles. The summed E-state index contributed by atoms with van der Waals surface area (Å²) >= 11 is 7.22. The highest BCUT2D eigenvalue weighted by atomic mass is 79.9.